The Morgan fingerprint density at radius 1 is 1.02 bits per heavy atom. The molecular formula is C32H43F3N6O3. The van der Waals surface area contributed by atoms with Crippen molar-refractivity contribution in [3.8, 4) is 17.1 Å². The smallest absolute Gasteiger partial charge is 0.391 e. The fourth-order valence-corrected chi connectivity index (χ4v) is 6.79. The van der Waals surface area contributed by atoms with Crippen molar-refractivity contribution in [3.05, 3.63) is 36.2 Å². The molecule has 5 rings (SSSR count). The van der Waals surface area contributed by atoms with E-state index in [4.69, 9.17) is 9.72 Å². The number of hydrogen-bond donors (Lipinski definition) is 1. The predicted octanol–water partition coefficient (Wildman–Crippen LogP) is 4.77. The summed E-state index contributed by atoms with van der Waals surface area (Å²) < 4.78 is 45.3. The monoisotopic (exact) mass is 616 g/mol. The number of likely N-dealkylation sites (tertiary alicyclic amines) is 1. The molecule has 0 unspecified atom stereocenters. The second-order valence-corrected chi connectivity index (χ2v) is 12.2. The van der Waals surface area contributed by atoms with E-state index in [0.717, 1.165) is 25.9 Å². The van der Waals surface area contributed by atoms with Crippen LogP contribution in [0.2, 0.25) is 0 Å². The lowest BCUT2D eigenvalue weighted by Crippen LogP contribution is -2.56. The Bertz CT molecular complexity index is 1320. The topological polar surface area (TPSA) is 90.9 Å². The summed E-state index contributed by atoms with van der Waals surface area (Å²) in [6.07, 6.45) is -0.417. The molecule has 240 valence electrons. The Morgan fingerprint density at radius 3 is 2.45 bits per heavy atom. The molecule has 0 aromatic carbocycles. The number of rotatable bonds is 8. The van der Waals surface area contributed by atoms with Crippen LogP contribution in [0.15, 0.2) is 30.5 Å². The van der Waals surface area contributed by atoms with Gasteiger partial charge in [0, 0.05) is 50.4 Å². The number of anilines is 1. The lowest BCUT2D eigenvalue weighted by atomic mass is 9.81. The van der Waals surface area contributed by atoms with Crippen LogP contribution in [-0.4, -0.2) is 96.2 Å². The summed E-state index contributed by atoms with van der Waals surface area (Å²) in [7, 11) is 2.03. The average Bonchev–Trinajstić information content (AvgIpc) is 3.44. The summed E-state index contributed by atoms with van der Waals surface area (Å²) in [5.74, 6) is -1.54. The average molecular weight is 617 g/mol. The maximum Gasteiger partial charge on any atom is 0.391 e. The van der Waals surface area contributed by atoms with Gasteiger partial charge < -0.3 is 24.8 Å². The van der Waals surface area contributed by atoms with E-state index in [1.54, 1.807) is 12.3 Å². The summed E-state index contributed by atoms with van der Waals surface area (Å²) in [5.41, 5.74) is 2.28. The number of nitrogens with one attached hydrogen (secondary N) is 1. The number of hydrogen-bond acceptors (Lipinski definition) is 7. The van der Waals surface area contributed by atoms with Gasteiger partial charge in [-0.2, -0.15) is 13.2 Å². The van der Waals surface area contributed by atoms with E-state index in [-0.39, 0.29) is 55.5 Å². The van der Waals surface area contributed by atoms with Crippen molar-refractivity contribution >= 4 is 17.5 Å². The van der Waals surface area contributed by atoms with E-state index in [9.17, 15) is 22.8 Å². The van der Waals surface area contributed by atoms with Crippen LogP contribution in [0.1, 0.15) is 62.9 Å². The first-order chi connectivity index (χ1) is 21.1. The number of pyridine rings is 2. The number of halogens is 3. The lowest BCUT2D eigenvalue weighted by Gasteiger charge is -2.44. The largest absolute Gasteiger partial charge is 0.477 e. The van der Waals surface area contributed by atoms with Crippen molar-refractivity contribution in [2.24, 2.45) is 11.8 Å². The highest BCUT2D eigenvalue weighted by atomic mass is 19.4. The van der Waals surface area contributed by atoms with Gasteiger partial charge in [-0.15, -0.1) is 0 Å². The summed E-state index contributed by atoms with van der Waals surface area (Å²) >= 11 is 0. The Morgan fingerprint density at radius 2 is 1.80 bits per heavy atom. The molecule has 0 bridgehead atoms. The molecule has 2 aromatic rings. The molecule has 2 aromatic heterocycles. The highest BCUT2D eigenvalue weighted by Gasteiger charge is 2.43. The molecule has 2 atom stereocenters. The summed E-state index contributed by atoms with van der Waals surface area (Å²) in [5, 5.41) is 3.18. The molecule has 2 aliphatic heterocycles. The molecular weight excluding hydrogens is 573 g/mol. The minimum atomic E-state index is -4.20. The minimum absolute atomic E-state index is 0.00625. The number of carbonyl (C=O) groups is 2. The van der Waals surface area contributed by atoms with Crippen LogP contribution < -0.4 is 15.0 Å². The standard InChI is InChI=1S/C32H43F3N6O3/c1-4-24-20-40(31(43)21-8-10-22(11-9-21)32(33,34)35)17-18-41(24)27-13-12-26(25-7-6-15-36-30(25)44-5-2)38-28(27)29(42)37-23-14-16-39(3)19-23/h6-7,12-13,15,21-24H,4-5,8-11,14,16-20H2,1-3H3,(H,37,42)/t21?,22?,23-,24-/m1/s1. The van der Waals surface area contributed by atoms with Crippen molar-refractivity contribution in [1.82, 2.24) is 25.1 Å². The van der Waals surface area contributed by atoms with Gasteiger partial charge in [0.15, 0.2) is 5.69 Å². The fraction of sp³-hybridized carbons (Fsp3) is 0.625. The van der Waals surface area contributed by atoms with Crippen LogP contribution in [0.5, 0.6) is 5.88 Å². The van der Waals surface area contributed by atoms with Crippen LogP contribution in [0, 0.1) is 11.8 Å². The third kappa shape index (κ3) is 7.11. The maximum atomic E-state index is 13.8. The molecule has 1 aliphatic carbocycles. The zero-order valence-electron chi connectivity index (χ0n) is 25.8. The molecule has 2 amide bonds. The Hall–Kier alpha value is -3.41. The number of alkyl halides is 3. The van der Waals surface area contributed by atoms with Gasteiger partial charge in [-0.3, -0.25) is 9.59 Å². The third-order valence-electron chi connectivity index (χ3n) is 9.26. The van der Waals surface area contributed by atoms with Gasteiger partial charge in [0.05, 0.1) is 29.5 Å². The number of aromatic nitrogens is 2. The first kappa shape index (κ1) is 32.0. The number of nitrogens with zero attached hydrogens (tertiary/aromatic N) is 5. The van der Waals surface area contributed by atoms with Gasteiger partial charge in [-0.25, -0.2) is 9.97 Å². The second-order valence-electron chi connectivity index (χ2n) is 12.2. The molecule has 0 radical (unpaired) electrons. The SMILES string of the molecule is CCOc1ncccc1-c1ccc(N2CCN(C(=O)C3CCC(C(F)(F)F)CC3)C[C@H]2CC)c(C(=O)N[C@@H]2CCN(C)C2)n1. The predicted molar refractivity (Wildman–Crippen MR) is 162 cm³/mol. The van der Waals surface area contributed by atoms with E-state index in [2.05, 4.69) is 20.1 Å². The molecule has 1 N–H and O–H groups in total. The molecule has 12 heteroatoms. The third-order valence-corrected chi connectivity index (χ3v) is 9.26. The number of likely N-dealkylation sites (N-methyl/N-ethyl adjacent to an activating group) is 1. The Balaban J connectivity index is 1.38. The van der Waals surface area contributed by atoms with E-state index in [0.29, 0.717) is 54.8 Å². The van der Waals surface area contributed by atoms with Gasteiger partial charge in [-0.05, 0) is 83.3 Å². The van der Waals surface area contributed by atoms with Gasteiger partial charge >= 0.3 is 6.18 Å². The van der Waals surface area contributed by atoms with Crippen LogP contribution in [0.3, 0.4) is 0 Å². The normalized spacial score (nSPS) is 24.8. The summed E-state index contributed by atoms with van der Waals surface area (Å²) in [6.45, 7) is 7.41. The summed E-state index contributed by atoms with van der Waals surface area (Å²) in [6, 6.07) is 7.41. The van der Waals surface area contributed by atoms with Crippen molar-refractivity contribution in [1.29, 1.82) is 0 Å². The fourth-order valence-electron chi connectivity index (χ4n) is 6.79. The van der Waals surface area contributed by atoms with Crippen molar-refractivity contribution in [2.45, 2.75) is 70.6 Å². The first-order valence-corrected chi connectivity index (χ1v) is 15.8. The molecule has 9 nitrogen and oxygen atoms in total. The number of amides is 2. The Labute approximate surface area is 257 Å². The molecule has 44 heavy (non-hydrogen) atoms. The van der Waals surface area contributed by atoms with E-state index in [1.165, 1.54) is 0 Å². The molecule has 1 saturated carbocycles. The first-order valence-electron chi connectivity index (χ1n) is 15.8. The minimum Gasteiger partial charge on any atom is -0.477 e. The quantitative estimate of drug-likeness (QED) is 0.457. The molecule has 4 heterocycles. The van der Waals surface area contributed by atoms with Gasteiger partial charge in [0.1, 0.15) is 0 Å². The molecule has 3 fully saturated rings. The lowest BCUT2D eigenvalue weighted by molar-refractivity contribution is -0.185. The van der Waals surface area contributed by atoms with E-state index >= 15 is 0 Å². The Kier molecular flexibility index (Phi) is 9.97. The van der Waals surface area contributed by atoms with Crippen LogP contribution >= 0.6 is 0 Å². The zero-order chi connectivity index (χ0) is 31.4. The van der Waals surface area contributed by atoms with Gasteiger partial charge in [-0.1, -0.05) is 6.92 Å². The van der Waals surface area contributed by atoms with Crippen LogP contribution in [0.25, 0.3) is 11.3 Å². The highest BCUT2D eigenvalue weighted by Crippen LogP contribution is 2.40. The van der Waals surface area contributed by atoms with Crippen molar-refractivity contribution in [3.63, 3.8) is 0 Å². The second kappa shape index (κ2) is 13.7. The van der Waals surface area contributed by atoms with E-state index in [1.807, 2.05) is 44.0 Å². The van der Waals surface area contributed by atoms with Gasteiger partial charge in [0.2, 0.25) is 11.8 Å². The maximum absolute atomic E-state index is 13.8. The zero-order valence-corrected chi connectivity index (χ0v) is 25.8. The number of ether oxygens (including phenoxy) is 1. The number of piperazine rings is 1. The van der Waals surface area contributed by atoms with Crippen molar-refractivity contribution in [2.75, 3.05) is 51.3 Å². The molecule has 2 saturated heterocycles. The van der Waals surface area contributed by atoms with Crippen LogP contribution in [0.4, 0.5) is 18.9 Å². The molecule has 0 spiro atoms. The van der Waals surface area contributed by atoms with Gasteiger partial charge in [0.25, 0.3) is 5.91 Å². The highest BCUT2D eigenvalue weighted by molar-refractivity contribution is 5.99. The summed E-state index contributed by atoms with van der Waals surface area (Å²) in [4.78, 5) is 42.6. The van der Waals surface area contributed by atoms with Crippen molar-refractivity contribution < 1.29 is 27.5 Å². The van der Waals surface area contributed by atoms with Crippen LogP contribution in [-0.2, 0) is 4.79 Å². The molecule has 3 aliphatic rings. The number of carbonyl (C=O) groups excluding carboxylic acids is 2. The van der Waals surface area contributed by atoms with E-state index < -0.39 is 12.1 Å².